The number of carbonyl (C=O) groups excluding carboxylic acids is 1. The van der Waals surface area contributed by atoms with Crippen molar-refractivity contribution in [1.82, 2.24) is 15.3 Å². The third kappa shape index (κ3) is 5.50. The van der Waals surface area contributed by atoms with Crippen molar-refractivity contribution in [2.24, 2.45) is 0 Å². The van der Waals surface area contributed by atoms with Crippen molar-refractivity contribution in [3.63, 3.8) is 0 Å². The molecule has 126 valence electrons. The van der Waals surface area contributed by atoms with Gasteiger partial charge in [-0.05, 0) is 12.5 Å². The molecule has 0 aliphatic carbocycles. The second-order valence-corrected chi connectivity index (χ2v) is 6.37. The van der Waals surface area contributed by atoms with E-state index in [9.17, 15) is 9.59 Å². The summed E-state index contributed by atoms with van der Waals surface area (Å²) >= 11 is 7.35. The zero-order valence-corrected chi connectivity index (χ0v) is 14.5. The molecule has 0 spiro atoms. The highest BCUT2D eigenvalue weighted by molar-refractivity contribution is 7.98. The molecule has 2 aromatic rings. The van der Waals surface area contributed by atoms with E-state index in [0.29, 0.717) is 10.9 Å². The molecule has 0 saturated heterocycles. The number of amides is 1. The predicted octanol–water partition coefficient (Wildman–Crippen LogP) is 2.94. The number of aromatic nitrogens is 2. The molecule has 0 unspecified atom stereocenters. The van der Waals surface area contributed by atoms with Crippen LogP contribution >= 0.6 is 23.4 Å². The molecule has 1 heterocycles. The lowest BCUT2D eigenvalue weighted by molar-refractivity contribution is -0.136. The van der Waals surface area contributed by atoms with E-state index in [2.05, 4.69) is 15.3 Å². The van der Waals surface area contributed by atoms with E-state index < -0.39 is 11.9 Å². The lowest BCUT2D eigenvalue weighted by Crippen LogP contribution is -2.27. The summed E-state index contributed by atoms with van der Waals surface area (Å²) in [6.07, 6.45) is 1.21. The first-order valence-corrected chi connectivity index (χ1v) is 8.53. The minimum absolute atomic E-state index is 0.0142. The van der Waals surface area contributed by atoms with Crippen LogP contribution in [0.3, 0.4) is 0 Å². The Morgan fingerprint density at radius 1 is 1.29 bits per heavy atom. The van der Waals surface area contributed by atoms with E-state index in [-0.39, 0.29) is 23.7 Å². The molecule has 0 aliphatic heterocycles. The van der Waals surface area contributed by atoms with Gasteiger partial charge in [0.25, 0.3) is 5.91 Å². The number of aliphatic carboxylic acids is 1. The maximum atomic E-state index is 12.0. The summed E-state index contributed by atoms with van der Waals surface area (Å²) < 4.78 is 0. The molecule has 0 radical (unpaired) electrons. The number of halogens is 1. The Morgan fingerprint density at radius 3 is 2.67 bits per heavy atom. The highest BCUT2D eigenvalue weighted by atomic mass is 35.5. The van der Waals surface area contributed by atoms with Crippen LogP contribution in [0.25, 0.3) is 0 Å². The topological polar surface area (TPSA) is 92.2 Å². The molecule has 6 nitrogen and oxygen atoms in total. The average molecular weight is 366 g/mol. The van der Waals surface area contributed by atoms with Gasteiger partial charge in [0.1, 0.15) is 0 Å². The summed E-state index contributed by atoms with van der Waals surface area (Å²) in [5, 5.41) is 11.6. The van der Waals surface area contributed by atoms with Crippen LogP contribution in [0.2, 0.25) is 5.02 Å². The normalized spacial score (nSPS) is 10.4. The third-order valence-corrected chi connectivity index (χ3v) is 4.26. The number of rotatable bonds is 7. The molecule has 0 saturated carbocycles. The molecule has 0 aliphatic rings. The van der Waals surface area contributed by atoms with Crippen molar-refractivity contribution < 1.29 is 14.7 Å². The molecule has 2 rings (SSSR count). The Kier molecular flexibility index (Phi) is 6.57. The van der Waals surface area contributed by atoms with Gasteiger partial charge in [-0.1, -0.05) is 53.2 Å². The van der Waals surface area contributed by atoms with E-state index in [1.54, 1.807) is 0 Å². The first-order chi connectivity index (χ1) is 11.5. The van der Waals surface area contributed by atoms with Gasteiger partial charge in [0.15, 0.2) is 10.9 Å². The van der Waals surface area contributed by atoms with E-state index in [1.807, 2.05) is 31.2 Å². The van der Waals surface area contributed by atoms with Crippen molar-refractivity contribution >= 4 is 35.2 Å². The van der Waals surface area contributed by atoms with Crippen molar-refractivity contribution in [1.29, 1.82) is 0 Å². The van der Waals surface area contributed by atoms with Crippen LogP contribution in [0.5, 0.6) is 0 Å². The maximum absolute atomic E-state index is 12.0. The van der Waals surface area contributed by atoms with Crippen LogP contribution < -0.4 is 5.32 Å². The Balaban J connectivity index is 2.00. The number of nitrogens with one attached hydrogen (secondary N) is 1. The van der Waals surface area contributed by atoms with Crippen LogP contribution in [0.1, 0.15) is 28.0 Å². The van der Waals surface area contributed by atoms with Crippen LogP contribution in [0, 0.1) is 6.92 Å². The highest BCUT2D eigenvalue weighted by Crippen LogP contribution is 2.22. The Morgan fingerprint density at radius 2 is 2.00 bits per heavy atom. The molecule has 2 N–H and O–H groups in total. The van der Waals surface area contributed by atoms with Crippen molar-refractivity contribution in [3.05, 3.63) is 52.3 Å². The fraction of sp³-hybridized carbons (Fsp3) is 0.250. The minimum atomic E-state index is -0.988. The second kappa shape index (κ2) is 8.65. The second-order valence-electron chi connectivity index (χ2n) is 5.02. The highest BCUT2D eigenvalue weighted by Gasteiger charge is 2.14. The number of hydrogen-bond acceptors (Lipinski definition) is 5. The van der Waals surface area contributed by atoms with Gasteiger partial charge in [-0.15, -0.1) is 0 Å². The van der Waals surface area contributed by atoms with Crippen molar-refractivity contribution in [2.45, 2.75) is 24.3 Å². The first kappa shape index (κ1) is 18.2. The lowest BCUT2D eigenvalue weighted by atomic mass is 10.2. The van der Waals surface area contributed by atoms with Crippen LogP contribution in [-0.2, 0) is 10.5 Å². The van der Waals surface area contributed by atoms with Crippen molar-refractivity contribution in [3.8, 4) is 0 Å². The van der Waals surface area contributed by atoms with Gasteiger partial charge in [-0.3, -0.25) is 9.59 Å². The summed E-state index contributed by atoms with van der Waals surface area (Å²) in [6, 6.07) is 8.11. The lowest BCUT2D eigenvalue weighted by Gasteiger charge is -2.07. The first-order valence-electron chi connectivity index (χ1n) is 7.16. The number of carboxylic acids is 1. The Hall–Kier alpha value is -2.12. The molecule has 1 aromatic heterocycles. The molecule has 0 fully saturated rings. The molecular weight excluding hydrogens is 350 g/mol. The zero-order valence-electron chi connectivity index (χ0n) is 13.0. The van der Waals surface area contributed by atoms with Crippen LogP contribution in [0.4, 0.5) is 0 Å². The van der Waals surface area contributed by atoms with Gasteiger partial charge in [-0.25, -0.2) is 9.97 Å². The van der Waals surface area contributed by atoms with Gasteiger partial charge < -0.3 is 10.4 Å². The molecule has 0 atom stereocenters. The quantitative estimate of drug-likeness (QED) is 0.579. The number of nitrogens with zero attached hydrogens (tertiary/aromatic N) is 2. The third-order valence-electron chi connectivity index (χ3n) is 3.05. The van der Waals surface area contributed by atoms with Gasteiger partial charge in [0.2, 0.25) is 0 Å². The average Bonchev–Trinajstić information content (AvgIpc) is 2.55. The van der Waals surface area contributed by atoms with Gasteiger partial charge >= 0.3 is 5.97 Å². The zero-order chi connectivity index (χ0) is 17.5. The summed E-state index contributed by atoms with van der Waals surface area (Å²) in [5.74, 6) is -0.832. The molecule has 24 heavy (non-hydrogen) atoms. The summed E-state index contributed by atoms with van der Waals surface area (Å²) in [7, 11) is 0. The SMILES string of the molecule is Cc1ccc(CSc2ncc(Cl)c(C(=O)NCCC(=O)O)n2)cc1. The van der Waals surface area contributed by atoms with E-state index in [0.717, 1.165) is 5.56 Å². The smallest absolute Gasteiger partial charge is 0.305 e. The van der Waals surface area contributed by atoms with Crippen molar-refractivity contribution in [2.75, 3.05) is 6.54 Å². The van der Waals surface area contributed by atoms with Crippen LogP contribution in [-0.4, -0.2) is 33.5 Å². The fourth-order valence-electron chi connectivity index (χ4n) is 1.78. The monoisotopic (exact) mass is 365 g/mol. The molecule has 8 heteroatoms. The standard InChI is InChI=1S/C16H16ClN3O3S/c1-10-2-4-11(5-3-10)9-24-16-19-8-12(17)14(20-16)15(23)18-7-6-13(21)22/h2-5,8H,6-7,9H2,1H3,(H,18,23)(H,21,22). The molecule has 1 amide bonds. The summed E-state index contributed by atoms with van der Waals surface area (Å²) in [4.78, 5) is 30.8. The van der Waals surface area contributed by atoms with Crippen LogP contribution in [0.15, 0.2) is 35.6 Å². The van der Waals surface area contributed by atoms with E-state index in [1.165, 1.54) is 23.5 Å². The number of benzene rings is 1. The summed E-state index contributed by atoms with van der Waals surface area (Å²) in [5.41, 5.74) is 2.35. The molecule has 0 bridgehead atoms. The molecule has 1 aromatic carbocycles. The predicted molar refractivity (Wildman–Crippen MR) is 92.4 cm³/mol. The number of thioether (sulfide) groups is 1. The number of carboxylic acid groups (broad SMARTS) is 1. The molecular formula is C16H16ClN3O3S. The van der Waals surface area contributed by atoms with Gasteiger partial charge in [0.05, 0.1) is 17.6 Å². The number of aryl methyl sites for hydroxylation is 1. The fourth-order valence-corrected chi connectivity index (χ4v) is 2.73. The van der Waals surface area contributed by atoms with E-state index in [4.69, 9.17) is 16.7 Å². The largest absolute Gasteiger partial charge is 0.481 e. The van der Waals surface area contributed by atoms with E-state index >= 15 is 0 Å². The van der Waals surface area contributed by atoms with Gasteiger partial charge in [-0.2, -0.15) is 0 Å². The van der Waals surface area contributed by atoms with Gasteiger partial charge in [0, 0.05) is 12.3 Å². The Bertz CT molecular complexity index is 738. The summed E-state index contributed by atoms with van der Waals surface area (Å²) in [6.45, 7) is 2.04. The minimum Gasteiger partial charge on any atom is -0.481 e. The maximum Gasteiger partial charge on any atom is 0.305 e. The number of hydrogen-bond donors (Lipinski definition) is 2. The number of carbonyl (C=O) groups is 2. The Labute approximate surface area is 148 Å².